The number of benzene rings is 5. The van der Waals surface area contributed by atoms with Crippen molar-refractivity contribution in [3.63, 3.8) is 0 Å². The Bertz CT molecular complexity index is 2580. The van der Waals surface area contributed by atoms with E-state index in [0.29, 0.717) is 11.6 Å². The molecule has 53 heavy (non-hydrogen) atoms. The number of hydrogen-bond donors (Lipinski definition) is 0. The molecule has 0 aliphatic heterocycles. The van der Waals surface area contributed by atoms with E-state index in [1.165, 1.54) is 10.8 Å². The number of rotatable bonds is 7. The van der Waals surface area contributed by atoms with Crippen LogP contribution in [0.4, 0.5) is 0 Å². The Kier molecular flexibility index (Phi) is 8.29. The molecule has 5 nitrogen and oxygen atoms in total. The van der Waals surface area contributed by atoms with Crippen LogP contribution in [-0.4, -0.2) is 24.9 Å². The van der Waals surface area contributed by atoms with Gasteiger partial charge in [0.05, 0.1) is 11.4 Å². The normalized spacial score (nSPS) is 15.1. The zero-order chi connectivity index (χ0) is 35.6. The van der Waals surface area contributed by atoms with Crippen LogP contribution in [0.1, 0.15) is 19.2 Å². The highest BCUT2D eigenvalue weighted by atomic mass is 15.0. The van der Waals surface area contributed by atoms with E-state index in [1.54, 1.807) is 0 Å². The largest absolute Gasteiger partial charge is 0.256 e. The van der Waals surface area contributed by atoms with Crippen LogP contribution in [0, 0.1) is 0 Å². The molecule has 8 aromatic rings. The fraction of sp³-hybridized carbons (Fsp3) is 0.0625. The number of pyridine rings is 2. The average Bonchev–Trinajstić information content (AvgIpc) is 3.24. The first kappa shape index (κ1) is 32.1. The lowest BCUT2D eigenvalue weighted by atomic mass is 9.83. The minimum Gasteiger partial charge on any atom is -0.256 e. The van der Waals surface area contributed by atoms with E-state index in [2.05, 4.69) is 132 Å². The predicted molar refractivity (Wildman–Crippen MR) is 216 cm³/mol. The van der Waals surface area contributed by atoms with E-state index < -0.39 is 0 Å². The minimum atomic E-state index is -0.313. The molecule has 0 N–H and O–H groups in total. The number of nitrogens with zero attached hydrogens (tertiary/aromatic N) is 5. The van der Waals surface area contributed by atoms with Crippen molar-refractivity contribution in [1.29, 1.82) is 0 Å². The van der Waals surface area contributed by atoms with Gasteiger partial charge in [-0.15, -0.1) is 0 Å². The summed E-state index contributed by atoms with van der Waals surface area (Å²) in [5, 5.41) is 2.36. The van der Waals surface area contributed by atoms with Gasteiger partial charge in [-0.3, -0.25) is 9.97 Å². The lowest BCUT2D eigenvalue weighted by molar-refractivity contribution is 0.554. The molecule has 1 aliphatic rings. The summed E-state index contributed by atoms with van der Waals surface area (Å²) < 4.78 is 0. The molecule has 5 heteroatoms. The van der Waals surface area contributed by atoms with Gasteiger partial charge in [0.2, 0.25) is 0 Å². The second kappa shape index (κ2) is 13.7. The van der Waals surface area contributed by atoms with Crippen LogP contribution in [-0.2, 0) is 5.41 Å². The summed E-state index contributed by atoms with van der Waals surface area (Å²) in [5.74, 6) is 2.12. The molecule has 0 amide bonds. The number of aromatic nitrogens is 5. The quantitative estimate of drug-likeness (QED) is 0.167. The fourth-order valence-corrected chi connectivity index (χ4v) is 7.13. The summed E-state index contributed by atoms with van der Waals surface area (Å²) in [6.07, 6.45) is 13.0. The Hall–Kier alpha value is -6.85. The average molecular weight is 682 g/mol. The predicted octanol–water partition coefficient (Wildman–Crippen LogP) is 11.6. The highest BCUT2D eigenvalue weighted by Gasteiger charge is 2.28. The van der Waals surface area contributed by atoms with Gasteiger partial charge >= 0.3 is 0 Å². The molecular weight excluding hydrogens is 647 g/mol. The smallest absolute Gasteiger partial charge is 0.163 e. The molecule has 3 heterocycles. The molecule has 0 saturated heterocycles. The summed E-state index contributed by atoms with van der Waals surface area (Å²) in [6, 6.07) is 50.6. The van der Waals surface area contributed by atoms with Crippen LogP contribution >= 0.6 is 0 Å². The summed E-state index contributed by atoms with van der Waals surface area (Å²) in [4.78, 5) is 24.4. The zero-order valence-electron chi connectivity index (χ0n) is 29.3. The van der Waals surface area contributed by atoms with Crippen LogP contribution in [0.2, 0.25) is 0 Å². The van der Waals surface area contributed by atoms with Crippen molar-refractivity contribution in [2.75, 3.05) is 0 Å². The third kappa shape index (κ3) is 6.34. The van der Waals surface area contributed by atoms with E-state index in [0.717, 1.165) is 68.1 Å². The maximum absolute atomic E-state index is 5.06. The van der Waals surface area contributed by atoms with Gasteiger partial charge in [-0.25, -0.2) is 15.0 Å². The van der Waals surface area contributed by atoms with Gasteiger partial charge in [0.15, 0.2) is 11.6 Å². The Morgan fingerprint density at radius 1 is 0.453 bits per heavy atom. The van der Waals surface area contributed by atoms with E-state index in [-0.39, 0.29) is 5.41 Å². The van der Waals surface area contributed by atoms with Gasteiger partial charge in [0.25, 0.3) is 0 Å². The van der Waals surface area contributed by atoms with Gasteiger partial charge < -0.3 is 0 Å². The molecular formula is C48H35N5. The minimum absolute atomic E-state index is 0.313. The molecule has 0 saturated carbocycles. The van der Waals surface area contributed by atoms with E-state index >= 15 is 0 Å². The van der Waals surface area contributed by atoms with Crippen LogP contribution in [0.25, 0.3) is 78.3 Å². The molecule has 1 unspecified atom stereocenters. The Labute approximate surface area is 309 Å². The molecule has 0 fully saturated rings. The Morgan fingerprint density at radius 2 is 1.00 bits per heavy atom. The van der Waals surface area contributed by atoms with Crippen molar-refractivity contribution in [2.24, 2.45) is 0 Å². The molecule has 0 radical (unpaired) electrons. The molecule has 1 aliphatic carbocycles. The fourth-order valence-electron chi connectivity index (χ4n) is 7.13. The zero-order valence-corrected chi connectivity index (χ0v) is 29.3. The first-order valence-corrected chi connectivity index (χ1v) is 17.9. The lowest BCUT2D eigenvalue weighted by Gasteiger charge is -2.25. The second-order valence-electron chi connectivity index (χ2n) is 13.6. The van der Waals surface area contributed by atoms with Crippen LogP contribution < -0.4 is 0 Å². The topological polar surface area (TPSA) is 64.5 Å². The van der Waals surface area contributed by atoms with Gasteiger partial charge in [0.1, 0.15) is 5.82 Å². The van der Waals surface area contributed by atoms with Crippen molar-refractivity contribution >= 4 is 10.8 Å². The van der Waals surface area contributed by atoms with Crippen molar-refractivity contribution in [2.45, 2.75) is 18.8 Å². The van der Waals surface area contributed by atoms with Crippen molar-refractivity contribution in [1.82, 2.24) is 24.9 Å². The number of allylic oxidation sites excluding steroid dienone is 4. The summed E-state index contributed by atoms with van der Waals surface area (Å²) >= 11 is 0. The maximum atomic E-state index is 5.06. The molecule has 1 atom stereocenters. The highest BCUT2D eigenvalue weighted by molar-refractivity contribution is 6.05. The summed E-state index contributed by atoms with van der Waals surface area (Å²) in [6.45, 7) is 2.19. The van der Waals surface area contributed by atoms with Crippen molar-refractivity contribution < 1.29 is 0 Å². The maximum Gasteiger partial charge on any atom is 0.163 e. The lowest BCUT2D eigenvalue weighted by Crippen LogP contribution is -2.24. The molecule has 0 bridgehead atoms. The Balaban J connectivity index is 1.12. The first-order chi connectivity index (χ1) is 26.1. The summed E-state index contributed by atoms with van der Waals surface area (Å²) in [7, 11) is 0. The molecule has 0 spiro atoms. The monoisotopic (exact) mass is 681 g/mol. The third-order valence-corrected chi connectivity index (χ3v) is 9.97. The van der Waals surface area contributed by atoms with Gasteiger partial charge in [0, 0.05) is 40.1 Å². The van der Waals surface area contributed by atoms with Crippen LogP contribution in [0.5, 0.6) is 0 Å². The third-order valence-electron chi connectivity index (χ3n) is 9.97. The van der Waals surface area contributed by atoms with Crippen LogP contribution in [0.3, 0.4) is 0 Å². The van der Waals surface area contributed by atoms with Gasteiger partial charge in [-0.2, -0.15) is 0 Å². The number of fused-ring (bicyclic) bond motifs is 1. The van der Waals surface area contributed by atoms with E-state index in [4.69, 9.17) is 15.0 Å². The standard InChI is InChI=1S/C48H35N5/c1-48(26-8-3-9-27-48)47-52-45(34-14-4-2-5-15-34)51-46(53-47)35-24-22-33(23-25-35)39-16-12-19-42-40(17-13-18-41(39)42)36-30-37(43-20-6-10-28-49-43)32-38(31-36)44-21-7-11-29-50-44/h2-26,28-32H,27H2,1H3. The number of hydrogen-bond acceptors (Lipinski definition) is 5. The molecule has 5 aromatic carbocycles. The van der Waals surface area contributed by atoms with Crippen LogP contribution in [0.15, 0.2) is 182 Å². The van der Waals surface area contributed by atoms with Gasteiger partial charge in [-0.05, 0) is 88.8 Å². The SMILES string of the molecule is CC1(c2nc(-c3ccccc3)nc(-c3ccc(-c4cccc5c(-c6cc(-c7ccccn7)cc(-c7ccccn7)c6)cccc45)cc3)n2)C=CC=CC1. The Morgan fingerprint density at radius 3 is 1.57 bits per heavy atom. The molecule has 9 rings (SSSR count). The van der Waals surface area contributed by atoms with Gasteiger partial charge in [-0.1, -0.05) is 127 Å². The summed E-state index contributed by atoms with van der Waals surface area (Å²) in [5.41, 5.74) is 10.1. The van der Waals surface area contributed by atoms with Crippen molar-refractivity contribution in [3.05, 3.63) is 188 Å². The molecule has 3 aromatic heterocycles. The first-order valence-electron chi connectivity index (χ1n) is 17.9. The van der Waals surface area contributed by atoms with E-state index in [1.807, 2.05) is 67.0 Å². The highest BCUT2D eigenvalue weighted by Crippen LogP contribution is 2.39. The second-order valence-corrected chi connectivity index (χ2v) is 13.6. The van der Waals surface area contributed by atoms with E-state index in [9.17, 15) is 0 Å². The molecule has 252 valence electrons. The van der Waals surface area contributed by atoms with Crippen molar-refractivity contribution in [3.8, 4) is 67.5 Å².